The van der Waals surface area contributed by atoms with Crippen LogP contribution in [0, 0.1) is 0 Å². The molecule has 1 atom stereocenters. The smallest absolute Gasteiger partial charge is 0.326 e. The second-order valence-electron chi connectivity index (χ2n) is 4.48. The van der Waals surface area contributed by atoms with Gasteiger partial charge in [-0.15, -0.1) is 0 Å². The first-order valence-corrected chi connectivity index (χ1v) is 7.63. The Balaban J connectivity index is 4.46. The highest BCUT2D eigenvalue weighted by molar-refractivity contribution is 8.00. The van der Waals surface area contributed by atoms with Crippen LogP contribution in [0.5, 0.6) is 0 Å². The van der Waals surface area contributed by atoms with Gasteiger partial charge in [0, 0.05) is 11.3 Å². The molecule has 0 radical (unpaired) electrons. The number of nitrogens with two attached hydrogens (primary N) is 1. The zero-order valence-corrected chi connectivity index (χ0v) is 12.9. The number of carboxylic acids is 1. The van der Waals surface area contributed by atoms with Gasteiger partial charge in [0.05, 0.1) is 6.42 Å². The summed E-state index contributed by atoms with van der Waals surface area (Å²) >= 11 is 1.66. The number of aliphatic carboxylic acids is 1. The van der Waals surface area contributed by atoms with Gasteiger partial charge in [0.2, 0.25) is 5.91 Å². The molecule has 0 bridgehead atoms. The summed E-state index contributed by atoms with van der Waals surface area (Å²) in [5.74, 6) is -2.07. The van der Waals surface area contributed by atoms with Crippen LogP contribution in [0.3, 0.4) is 0 Å². The van der Waals surface area contributed by atoms with E-state index in [1.807, 2.05) is 20.1 Å². The minimum Gasteiger partial charge on any atom is -0.480 e. The highest BCUT2D eigenvalue weighted by atomic mass is 32.2. The maximum atomic E-state index is 11.7. The Kier molecular flexibility index (Phi) is 8.05. The summed E-state index contributed by atoms with van der Waals surface area (Å²) in [6.45, 7) is 4.50. The van der Waals surface area contributed by atoms with Crippen LogP contribution in [-0.4, -0.2) is 46.6 Å². The number of hydrogen-bond donors (Lipinski definition) is 4. The lowest BCUT2D eigenvalue weighted by molar-refractivity contribution is -0.140. The Bertz CT molecular complexity index is 350. The van der Waals surface area contributed by atoms with Crippen LogP contribution in [0.4, 0.5) is 4.79 Å². The maximum absolute atomic E-state index is 11.7. The predicted molar refractivity (Wildman–Crippen MR) is 78.6 cm³/mol. The van der Waals surface area contributed by atoms with Crippen molar-refractivity contribution >= 4 is 29.7 Å². The Hall–Kier alpha value is -1.44. The second-order valence-corrected chi connectivity index (χ2v) is 5.76. The van der Waals surface area contributed by atoms with Crippen LogP contribution >= 0.6 is 11.8 Å². The van der Waals surface area contributed by atoms with Crippen molar-refractivity contribution in [2.75, 3.05) is 12.8 Å². The van der Waals surface area contributed by atoms with Crippen LogP contribution in [0.25, 0.3) is 0 Å². The van der Waals surface area contributed by atoms with Crippen LogP contribution in [0.15, 0.2) is 0 Å². The number of amides is 3. The van der Waals surface area contributed by atoms with Gasteiger partial charge in [0.25, 0.3) is 0 Å². The van der Waals surface area contributed by atoms with Crippen molar-refractivity contribution in [2.24, 2.45) is 5.73 Å². The molecular weight excluding hydrogens is 282 g/mol. The molecule has 0 aliphatic rings. The summed E-state index contributed by atoms with van der Waals surface area (Å²) in [7, 11) is 0. The Morgan fingerprint density at radius 2 is 1.85 bits per heavy atom. The van der Waals surface area contributed by atoms with E-state index in [0.29, 0.717) is 6.54 Å². The van der Waals surface area contributed by atoms with Crippen LogP contribution < -0.4 is 16.4 Å². The molecule has 0 unspecified atom stereocenters. The van der Waals surface area contributed by atoms with Gasteiger partial charge >= 0.3 is 12.0 Å². The van der Waals surface area contributed by atoms with Crippen molar-refractivity contribution in [1.82, 2.24) is 10.6 Å². The van der Waals surface area contributed by atoms with Crippen molar-refractivity contribution in [3.63, 3.8) is 0 Å². The molecule has 8 heteroatoms. The van der Waals surface area contributed by atoms with Gasteiger partial charge < -0.3 is 21.5 Å². The molecular formula is C12H23N3O4S. The normalized spacial score (nSPS) is 12.6. The van der Waals surface area contributed by atoms with Crippen molar-refractivity contribution in [2.45, 2.75) is 43.9 Å². The van der Waals surface area contributed by atoms with Crippen LogP contribution in [-0.2, 0) is 9.59 Å². The monoisotopic (exact) mass is 305 g/mol. The molecule has 7 nitrogen and oxygen atoms in total. The average molecular weight is 305 g/mol. The highest BCUT2D eigenvalue weighted by Crippen LogP contribution is 2.29. The molecule has 0 heterocycles. The van der Waals surface area contributed by atoms with Gasteiger partial charge in [-0.05, 0) is 19.1 Å². The Morgan fingerprint density at radius 1 is 1.30 bits per heavy atom. The number of nitrogens with one attached hydrogen (secondary N) is 2. The number of carbonyl (C=O) groups excluding carboxylic acids is 2. The molecule has 0 aromatic rings. The third kappa shape index (κ3) is 6.14. The van der Waals surface area contributed by atoms with Crippen LogP contribution in [0.2, 0.25) is 0 Å². The zero-order chi connectivity index (χ0) is 15.8. The molecule has 0 spiro atoms. The molecule has 0 saturated heterocycles. The van der Waals surface area contributed by atoms with E-state index in [2.05, 4.69) is 10.6 Å². The van der Waals surface area contributed by atoms with Gasteiger partial charge in [-0.3, -0.25) is 4.79 Å². The molecule has 5 N–H and O–H groups in total. The maximum Gasteiger partial charge on any atom is 0.326 e. The van der Waals surface area contributed by atoms with E-state index in [9.17, 15) is 14.4 Å². The summed E-state index contributed by atoms with van der Waals surface area (Å²) in [6.07, 6.45) is 3.31. The minimum atomic E-state index is -1.31. The quantitative estimate of drug-likeness (QED) is 0.495. The largest absolute Gasteiger partial charge is 0.480 e. The average Bonchev–Trinajstić information content (AvgIpc) is 2.39. The van der Waals surface area contributed by atoms with E-state index >= 15 is 0 Å². The SMILES string of the molecule is CCC(CC)(CNC(=O)N[C@H](CC(N)=O)C(=O)O)SC. The number of thioether (sulfide) groups is 1. The number of rotatable bonds is 9. The van der Waals surface area contributed by atoms with Crippen molar-refractivity contribution < 1.29 is 19.5 Å². The number of hydrogen-bond acceptors (Lipinski definition) is 4. The van der Waals surface area contributed by atoms with Gasteiger partial charge in [-0.2, -0.15) is 11.8 Å². The Labute approximate surface area is 123 Å². The van der Waals surface area contributed by atoms with Crippen molar-refractivity contribution in [3.8, 4) is 0 Å². The molecule has 0 rings (SSSR count). The summed E-state index contributed by atoms with van der Waals surface area (Å²) in [6, 6.07) is -1.92. The summed E-state index contributed by atoms with van der Waals surface area (Å²) < 4.78 is -0.0697. The third-order valence-corrected chi connectivity index (χ3v) is 4.89. The molecule has 0 aromatic carbocycles. The van der Waals surface area contributed by atoms with E-state index in [1.54, 1.807) is 11.8 Å². The van der Waals surface area contributed by atoms with E-state index in [1.165, 1.54) is 0 Å². The standard InChI is InChI=1S/C12H23N3O4S/c1-4-12(5-2,20-3)7-14-11(19)15-8(10(17)18)6-9(13)16/h8H,4-7H2,1-3H3,(H2,13,16)(H,17,18)(H2,14,15,19)/t8-/m1/s1. The number of carboxylic acid groups (broad SMARTS) is 1. The van der Waals surface area contributed by atoms with Crippen molar-refractivity contribution in [1.29, 1.82) is 0 Å². The first kappa shape index (κ1) is 18.6. The second kappa shape index (κ2) is 8.68. The molecule has 0 aliphatic heterocycles. The lowest BCUT2D eigenvalue weighted by Crippen LogP contribution is -2.50. The third-order valence-electron chi connectivity index (χ3n) is 3.30. The van der Waals surface area contributed by atoms with Gasteiger partial charge in [0.15, 0.2) is 0 Å². The number of urea groups is 1. The van der Waals surface area contributed by atoms with Gasteiger partial charge in [0.1, 0.15) is 6.04 Å². The fourth-order valence-electron chi connectivity index (χ4n) is 1.71. The molecule has 3 amide bonds. The topological polar surface area (TPSA) is 122 Å². The first-order valence-electron chi connectivity index (χ1n) is 6.40. The molecule has 0 aromatic heterocycles. The summed E-state index contributed by atoms with van der Waals surface area (Å²) in [4.78, 5) is 33.3. The van der Waals surface area contributed by atoms with Crippen molar-refractivity contribution in [3.05, 3.63) is 0 Å². The van der Waals surface area contributed by atoms with E-state index in [4.69, 9.17) is 10.8 Å². The zero-order valence-electron chi connectivity index (χ0n) is 12.1. The van der Waals surface area contributed by atoms with Crippen LogP contribution in [0.1, 0.15) is 33.1 Å². The Morgan fingerprint density at radius 3 is 2.20 bits per heavy atom. The predicted octanol–water partition coefficient (Wildman–Crippen LogP) is 0.536. The lowest BCUT2D eigenvalue weighted by Gasteiger charge is -2.30. The molecule has 20 heavy (non-hydrogen) atoms. The lowest BCUT2D eigenvalue weighted by atomic mass is 10.0. The van der Waals surface area contributed by atoms with Gasteiger partial charge in [-0.25, -0.2) is 9.59 Å². The minimum absolute atomic E-state index is 0.0697. The van der Waals surface area contributed by atoms with Gasteiger partial charge in [-0.1, -0.05) is 13.8 Å². The van der Waals surface area contributed by atoms with E-state index in [-0.39, 0.29) is 4.75 Å². The van der Waals surface area contributed by atoms with E-state index < -0.39 is 30.4 Å². The molecule has 116 valence electrons. The molecule has 0 saturated carbocycles. The molecule has 0 fully saturated rings. The fourth-order valence-corrected chi connectivity index (χ4v) is 2.51. The first-order chi connectivity index (χ1) is 9.30. The number of primary amides is 1. The van der Waals surface area contributed by atoms with E-state index in [0.717, 1.165) is 12.8 Å². The highest BCUT2D eigenvalue weighted by Gasteiger charge is 2.27. The summed E-state index contributed by atoms with van der Waals surface area (Å²) in [5, 5.41) is 13.8. The fraction of sp³-hybridized carbons (Fsp3) is 0.750. The molecule has 0 aliphatic carbocycles. The number of carbonyl (C=O) groups is 3. The summed E-state index contributed by atoms with van der Waals surface area (Å²) in [5.41, 5.74) is 4.94.